The summed E-state index contributed by atoms with van der Waals surface area (Å²) < 4.78 is 5.79. The minimum atomic E-state index is 0.285. The summed E-state index contributed by atoms with van der Waals surface area (Å²) in [5, 5.41) is 4.30. The van der Waals surface area contributed by atoms with Crippen LogP contribution in [0.15, 0.2) is 42.5 Å². The molecule has 1 unspecified atom stereocenters. The highest BCUT2D eigenvalue weighted by atomic mass is 35.5. The molecule has 0 aliphatic rings. The fraction of sp³-hybridized carbons (Fsp3) is 0.250. The van der Waals surface area contributed by atoms with Crippen LogP contribution in [-0.2, 0) is 6.61 Å². The lowest BCUT2D eigenvalue weighted by atomic mass is 10.1. The zero-order valence-corrected chi connectivity index (χ0v) is 13.0. The van der Waals surface area contributed by atoms with Gasteiger partial charge in [0.2, 0.25) is 0 Å². The average molecular weight is 310 g/mol. The normalized spacial score (nSPS) is 12.2. The highest BCUT2D eigenvalue weighted by Crippen LogP contribution is 2.27. The number of halogens is 2. The van der Waals surface area contributed by atoms with Crippen LogP contribution in [0.4, 0.5) is 0 Å². The predicted octanol–water partition coefficient (Wildman–Crippen LogP) is 4.85. The average Bonchev–Trinajstić information content (AvgIpc) is 2.48. The molecule has 1 atom stereocenters. The molecule has 0 amide bonds. The molecule has 0 aliphatic heterocycles. The topological polar surface area (TPSA) is 21.3 Å². The van der Waals surface area contributed by atoms with E-state index in [0.717, 1.165) is 11.3 Å². The third kappa shape index (κ3) is 3.66. The van der Waals surface area contributed by atoms with Crippen molar-refractivity contribution in [3.8, 4) is 5.75 Å². The molecule has 2 rings (SSSR count). The molecule has 0 radical (unpaired) electrons. The van der Waals surface area contributed by atoms with Crippen molar-refractivity contribution in [2.24, 2.45) is 0 Å². The van der Waals surface area contributed by atoms with Gasteiger partial charge in [-0.25, -0.2) is 0 Å². The number of rotatable bonds is 5. The van der Waals surface area contributed by atoms with Gasteiger partial charge in [0.05, 0.1) is 10.0 Å². The highest BCUT2D eigenvalue weighted by Gasteiger charge is 2.07. The largest absolute Gasteiger partial charge is 0.489 e. The maximum Gasteiger partial charge on any atom is 0.120 e. The second-order valence-electron chi connectivity index (χ2n) is 4.58. The van der Waals surface area contributed by atoms with E-state index in [4.69, 9.17) is 27.9 Å². The second kappa shape index (κ2) is 6.98. The lowest BCUT2D eigenvalue weighted by Crippen LogP contribution is -2.12. The summed E-state index contributed by atoms with van der Waals surface area (Å²) in [6, 6.07) is 13.8. The number of benzene rings is 2. The van der Waals surface area contributed by atoms with E-state index in [1.54, 1.807) is 6.07 Å². The van der Waals surface area contributed by atoms with Gasteiger partial charge < -0.3 is 10.1 Å². The van der Waals surface area contributed by atoms with Crippen molar-refractivity contribution in [3.63, 3.8) is 0 Å². The maximum atomic E-state index is 6.14. The zero-order valence-electron chi connectivity index (χ0n) is 11.5. The molecule has 106 valence electrons. The summed E-state index contributed by atoms with van der Waals surface area (Å²) in [7, 11) is 1.93. The molecule has 0 aliphatic carbocycles. The van der Waals surface area contributed by atoms with Crippen molar-refractivity contribution in [3.05, 3.63) is 63.6 Å². The first-order valence-electron chi connectivity index (χ1n) is 6.44. The minimum Gasteiger partial charge on any atom is -0.489 e. The Labute approximate surface area is 129 Å². The van der Waals surface area contributed by atoms with Gasteiger partial charge in [-0.1, -0.05) is 47.5 Å². The molecule has 0 aromatic heterocycles. The first-order chi connectivity index (χ1) is 9.61. The summed E-state index contributed by atoms with van der Waals surface area (Å²) in [4.78, 5) is 0. The SMILES string of the molecule is CNC(C)c1cccc(OCc2cccc(Cl)c2Cl)c1. The van der Waals surface area contributed by atoms with Crippen LogP contribution in [0, 0.1) is 0 Å². The lowest BCUT2D eigenvalue weighted by molar-refractivity contribution is 0.305. The summed E-state index contributed by atoms with van der Waals surface area (Å²) in [6.07, 6.45) is 0. The van der Waals surface area contributed by atoms with Crippen molar-refractivity contribution in [2.45, 2.75) is 19.6 Å². The fourth-order valence-corrected chi connectivity index (χ4v) is 2.24. The van der Waals surface area contributed by atoms with E-state index in [9.17, 15) is 0 Å². The quantitative estimate of drug-likeness (QED) is 0.852. The predicted molar refractivity (Wildman–Crippen MR) is 84.7 cm³/mol. The van der Waals surface area contributed by atoms with Crippen molar-refractivity contribution < 1.29 is 4.74 Å². The zero-order chi connectivity index (χ0) is 14.5. The molecule has 20 heavy (non-hydrogen) atoms. The standard InChI is InChI=1S/C16H17Cl2NO/c1-11(19-2)12-5-3-7-14(9-12)20-10-13-6-4-8-15(17)16(13)18/h3-9,11,19H,10H2,1-2H3. The van der Waals surface area contributed by atoms with Crippen LogP contribution in [-0.4, -0.2) is 7.05 Å². The van der Waals surface area contributed by atoms with E-state index < -0.39 is 0 Å². The van der Waals surface area contributed by atoms with E-state index in [2.05, 4.69) is 18.3 Å². The molecule has 0 saturated heterocycles. The van der Waals surface area contributed by atoms with Crippen LogP contribution < -0.4 is 10.1 Å². The molecule has 0 fully saturated rings. The molecule has 0 spiro atoms. The van der Waals surface area contributed by atoms with Crippen LogP contribution in [0.1, 0.15) is 24.1 Å². The van der Waals surface area contributed by atoms with Gasteiger partial charge in [0.1, 0.15) is 12.4 Å². The Kier molecular flexibility index (Phi) is 5.30. The smallest absolute Gasteiger partial charge is 0.120 e. The summed E-state index contributed by atoms with van der Waals surface area (Å²) >= 11 is 12.1. The number of ether oxygens (including phenoxy) is 1. The van der Waals surface area contributed by atoms with Crippen LogP contribution in [0.25, 0.3) is 0 Å². The van der Waals surface area contributed by atoms with Crippen LogP contribution in [0.3, 0.4) is 0 Å². The van der Waals surface area contributed by atoms with E-state index in [0.29, 0.717) is 16.7 Å². The summed E-state index contributed by atoms with van der Waals surface area (Å²) in [5.74, 6) is 0.820. The van der Waals surface area contributed by atoms with Crippen LogP contribution in [0.5, 0.6) is 5.75 Å². The van der Waals surface area contributed by atoms with Gasteiger partial charge in [0.15, 0.2) is 0 Å². The Morgan fingerprint density at radius 1 is 1.15 bits per heavy atom. The fourth-order valence-electron chi connectivity index (χ4n) is 1.86. The molecule has 0 heterocycles. The van der Waals surface area contributed by atoms with Gasteiger partial charge in [-0.15, -0.1) is 0 Å². The number of nitrogens with one attached hydrogen (secondary N) is 1. The van der Waals surface area contributed by atoms with Gasteiger partial charge in [0, 0.05) is 11.6 Å². The maximum absolute atomic E-state index is 6.14. The van der Waals surface area contributed by atoms with Gasteiger partial charge in [-0.2, -0.15) is 0 Å². The van der Waals surface area contributed by atoms with Crippen molar-refractivity contribution in [1.82, 2.24) is 5.32 Å². The Bertz CT molecular complexity index is 586. The first kappa shape index (κ1) is 15.2. The molecule has 1 N–H and O–H groups in total. The Morgan fingerprint density at radius 2 is 1.90 bits per heavy atom. The van der Waals surface area contributed by atoms with Gasteiger partial charge in [-0.05, 0) is 37.7 Å². The Morgan fingerprint density at radius 3 is 2.65 bits per heavy atom. The first-order valence-corrected chi connectivity index (χ1v) is 7.20. The lowest BCUT2D eigenvalue weighted by Gasteiger charge is -2.13. The van der Waals surface area contributed by atoms with Gasteiger partial charge >= 0.3 is 0 Å². The van der Waals surface area contributed by atoms with Gasteiger partial charge in [0.25, 0.3) is 0 Å². The molecule has 4 heteroatoms. The monoisotopic (exact) mass is 309 g/mol. The van der Waals surface area contributed by atoms with Crippen LogP contribution in [0.2, 0.25) is 10.0 Å². The third-order valence-corrected chi connectivity index (χ3v) is 4.08. The summed E-state index contributed by atoms with van der Waals surface area (Å²) in [6.45, 7) is 2.50. The van der Waals surface area contributed by atoms with E-state index in [-0.39, 0.29) is 6.04 Å². The molecule has 0 saturated carbocycles. The van der Waals surface area contributed by atoms with Crippen LogP contribution >= 0.6 is 23.2 Å². The third-order valence-electron chi connectivity index (χ3n) is 3.22. The van der Waals surface area contributed by atoms with E-state index in [1.807, 2.05) is 37.4 Å². The van der Waals surface area contributed by atoms with Gasteiger partial charge in [-0.3, -0.25) is 0 Å². The molecular formula is C16H17Cl2NO. The van der Waals surface area contributed by atoms with E-state index >= 15 is 0 Å². The molecule has 2 aromatic rings. The van der Waals surface area contributed by atoms with Crippen molar-refractivity contribution in [1.29, 1.82) is 0 Å². The molecule has 2 nitrogen and oxygen atoms in total. The molecular weight excluding hydrogens is 293 g/mol. The minimum absolute atomic E-state index is 0.285. The van der Waals surface area contributed by atoms with Crippen molar-refractivity contribution >= 4 is 23.2 Å². The van der Waals surface area contributed by atoms with E-state index in [1.165, 1.54) is 5.56 Å². The Balaban J connectivity index is 2.09. The second-order valence-corrected chi connectivity index (χ2v) is 5.37. The van der Waals surface area contributed by atoms with Crippen molar-refractivity contribution in [2.75, 3.05) is 7.05 Å². The molecule has 0 bridgehead atoms. The number of hydrogen-bond acceptors (Lipinski definition) is 2. The highest BCUT2D eigenvalue weighted by molar-refractivity contribution is 6.42. The number of hydrogen-bond donors (Lipinski definition) is 1. The molecule has 2 aromatic carbocycles. The summed E-state index contributed by atoms with van der Waals surface area (Å²) in [5.41, 5.74) is 2.06. The Hall–Kier alpha value is -1.22.